The van der Waals surface area contributed by atoms with E-state index in [-0.39, 0.29) is 18.4 Å². The van der Waals surface area contributed by atoms with Crippen LogP contribution >= 0.6 is 12.4 Å². The van der Waals surface area contributed by atoms with Crippen LogP contribution in [0.4, 0.5) is 0 Å². The average Bonchev–Trinajstić information content (AvgIpc) is 2.04. The highest BCUT2D eigenvalue weighted by Crippen LogP contribution is 2.16. The van der Waals surface area contributed by atoms with Gasteiger partial charge in [-0.3, -0.25) is 0 Å². The summed E-state index contributed by atoms with van der Waals surface area (Å²) >= 11 is 0. The molecule has 0 aromatic heterocycles. The van der Waals surface area contributed by atoms with Crippen LogP contribution in [-0.2, 0) is 0 Å². The summed E-state index contributed by atoms with van der Waals surface area (Å²) in [6, 6.07) is 0.173. The molecule has 0 saturated heterocycles. The number of hydrogen-bond donors (Lipinski definition) is 3. The van der Waals surface area contributed by atoms with Crippen LogP contribution in [0.15, 0.2) is 0 Å². The van der Waals surface area contributed by atoms with Crippen LogP contribution in [-0.4, -0.2) is 28.5 Å². The molecular formula is C7H16ClNO2. The van der Waals surface area contributed by atoms with Gasteiger partial charge in [0.2, 0.25) is 0 Å². The third kappa shape index (κ3) is 3.38. The Morgan fingerprint density at radius 3 is 1.64 bits per heavy atom. The zero-order valence-electron chi connectivity index (χ0n) is 6.44. The number of aliphatic hydroxyl groups excluding tert-OH is 2. The zero-order valence-corrected chi connectivity index (χ0v) is 7.26. The minimum Gasteiger partial charge on any atom is -0.390 e. The van der Waals surface area contributed by atoms with Gasteiger partial charge in [0.25, 0.3) is 0 Å². The van der Waals surface area contributed by atoms with E-state index in [9.17, 15) is 0 Å². The average molecular weight is 182 g/mol. The first-order valence-electron chi connectivity index (χ1n) is 3.82. The van der Waals surface area contributed by atoms with E-state index in [4.69, 9.17) is 15.9 Å². The third-order valence-corrected chi connectivity index (χ3v) is 2.11. The van der Waals surface area contributed by atoms with Crippen LogP contribution in [0.3, 0.4) is 0 Å². The minimum atomic E-state index is -0.548. The maximum absolute atomic E-state index is 9.17. The molecule has 0 heterocycles. The van der Waals surface area contributed by atoms with E-state index in [1.807, 2.05) is 0 Å². The maximum atomic E-state index is 9.17. The highest BCUT2D eigenvalue weighted by molar-refractivity contribution is 5.85. The molecule has 0 spiro atoms. The molecule has 4 N–H and O–H groups in total. The van der Waals surface area contributed by atoms with Gasteiger partial charge in [0, 0.05) is 6.04 Å². The fourth-order valence-corrected chi connectivity index (χ4v) is 1.30. The fraction of sp³-hybridized carbons (Fsp3) is 1.00. The lowest BCUT2D eigenvalue weighted by Crippen LogP contribution is -2.23. The van der Waals surface area contributed by atoms with E-state index >= 15 is 0 Å². The van der Waals surface area contributed by atoms with Gasteiger partial charge in [-0.15, -0.1) is 12.4 Å². The van der Waals surface area contributed by atoms with Crippen molar-refractivity contribution in [1.82, 2.24) is 0 Å². The Kier molecular flexibility index (Phi) is 5.01. The molecule has 1 aliphatic rings. The molecule has 0 radical (unpaired) electrons. The Bertz CT molecular complexity index is 101. The lowest BCUT2D eigenvalue weighted by Gasteiger charge is -2.12. The summed E-state index contributed by atoms with van der Waals surface area (Å²) in [6.07, 6.45) is 1.85. The van der Waals surface area contributed by atoms with Crippen LogP contribution in [0.2, 0.25) is 0 Å². The molecule has 0 aromatic carbocycles. The van der Waals surface area contributed by atoms with E-state index in [2.05, 4.69) is 0 Å². The molecule has 0 amide bonds. The lowest BCUT2D eigenvalue weighted by molar-refractivity contribution is 0.0157. The second-order valence-corrected chi connectivity index (χ2v) is 3.05. The summed E-state index contributed by atoms with van der Waals surface area (Å²) in [5.74, 6) is 0. The summed E-state index contributed by atoms with van der Waals surface area (Å²) in [7, 11) is 0. The van der Waals surface area contributed by atoms with Crippen molar-refractivity contribution in [3.8, 4) is 0 Å². The first-order chi connectivity index (χ1) is 4.70. The van der Waals surface area contributed by atoms with Crippen molar-refractivity contribution in [2.75, 3.05) is 0 Å². The summed E-state index contributed by atoms with van der Waals surface area (Å²) in [4.78, 5) is 0. The maximum Gasteiger partial charge on any atom is 0.0799 e. The Balaban J connectivity index is 0.000001000. The van der Waals surface area contributed by atoms with E-state index < -0.39 is 12.2 Å². The van der Waals surface area contributed by atoms with Crippen molar-refractivity contribution in [2.45, 2.75) is 43.9 Å². The van der Waals surface area contributed by atoms with Gasteiger partial charge >= 0.3 is 0 Å². The number of hydrogen-bond acceptors (Lipinski definition) is 3. The van der Waals surface area contributed by atoms with Gasteiger partial charge in [0.15, 0.2) is 0 Å². The van der Waals surface area contributed by atoms with Gasteiger partial charge < -0.3 is 15.9 Å². The summed E-state index contributed by atoms with van der Waals surface area (Å²) < 4.78 is 0. The molecule has 1 unspecified atom stereocenters. The Morgan fingerprint density at radius 1 is 0.909 bits per heavy atom. The molecule has 1 rings (SSSR count). The summed E-state index contributed by atoms with van der Waals surface area (Å²) in [5.41, 5.74) is 5.64. The number of nitrogens with two attached hydrogens (primary N) is 1. The zero-order chi connectivity index (χ0) is 7.56. The largest absolute Gasteiger partial charge is 0.390 e. The van der Waals surface area contributed by atoms with Crippen molar-refractivity contribution >= 4 is 12.4 Å². The first-order valence-corrected chi connectivity index (χ1v) is 3.82. The van der Waals surface area contributed by atoms with E-state index in [1.165, 1.54) is 0 Å². The molecule has 68 valence electrons. The van der Waals surface area contributed by atoms with Gasteiger partial charge in [0.05, 0.1) is 12.2 Å². The molecule has 3 nitrogen and oxygen atoms in total. The minimum absolute atomic E-state index is 0. The van der Waals surface area contributed by atoms with Gasteiger partial charge in [-0.05, 0) is 25.7 Å². The number of rotatable bonds is 0. The topological polar surface area (TPSA) is 66.5 Å². The Labute approximate surface area is 73.0 Å². The molecule has 1 fully saturated rings. The lowest BCUT2D eigenvalue weighted by atomic mass is 10.1. The molecular weight excluding hydrogens is 166 g/mol. The fourth-order valence-electron chi connectivity index (χ4n) is 1.30. The van der Waals surface area contributed by atoms with Gasteiger partial charge in [-0.25, -0.2) is 0 Å². The molecule has 0 bridgehead atoms. The normalized spacial score (nSPS) is 39.0. The Hall–Kier alpha value is 0.170. The van der Waals surface area contributed by atoms with Crippen LogP contribution in [0.5, 0.6) is 0 Å². The van der Waals surface area contributed by atoms with Crippen molar-refractivity contribution in [3.63, 3.8) is 0 Å². The van der Waals surface area contributed by atoms with Crippen molar-refractivity contribution in [1.29, 1.82) is 0 Å². The molecule has 0 aliphatic heterocycles. The second kappa shape index (κ2) is 4.93. The second-order valence-electron chi connectivity index (χ2n) is 3.05. The van der Waals surface area contributed by atoms with E-state index in [1.54, 1.807) is 0 Å². The standard InChI is InChI=1S/C7H15NO2.ClH/c8-5-1-3-6(9)7(10)4-2-5;/h5-7,9-10H,1-4,8H2;1H/t5?,6-,7+;. The van der Waals surface area contributed by atoms with Crippen molar-refractivity contribution in [2.24, 2.45) is 5.73 Å². The molecule has 1 aliphatic carbocycles. The van der Waals surface area contributed by atoms with Crippen molar-refractivity contribution in [3.05, 3.63) is 0 Å². The third-order valence-electron chi connectivity index (χ3n) is 2.11. The first kappa shape index (κ1) is 11.2. The predicted molar refractivity (Wildman–Crippen MR) is 45.7 cm³/mol. The van der Waals surface area contributed by atoms with Gasteiger partial charge in [0.1, 0.15) is 0 Å². The quantitative estimate of drug-likeness (QED) is 0.462. The van der Waals surface area contributed by atoms with Crippen LogP contribution in [0, 0.1) is 0 Å². The van der Waals surface area contributed by atoms with Crippen LogP contribution in [0.1, 0.15) is 25.7 Å². The highest BCUT2D eigenvalue weighted by atomic mass is 35.5. The predicted octanol–water partition coefficient (Wildman–Crippen LogP) is 0.0313. The molecule has 4 heteroatoms. The van der Waals surface area contributed by atoms with E-state index in [0.29, 0.717) is 12.8 Å². The molecule has 0 aromatic rings. The monoisotopic (exact) mass is 181 g/mol. The van der Waals surface area contributed by atoms with Gasteiger partial charge in [-0.1, -0.05) is 0 Å². The van der Waals surface area contributed by atoms with Crippen LogP contribution in [0.25, 0.3) is 0 Å². The van der Waals surface area contributed by atoms with Crippen LogP contribution < -0.4 is 5.73 Å². The molecule has 11 heavy (non-hydrogen) atoms. The summed E-state index contributed by atoms with van der Waals surface area (Å²) in [5, 5.41) is 18.3. The Morgan fingerprint density at radius 2 is 1.27 bits per heavy atom. The van der Waals surface area contributed by atoms with Gasteiger partial charge in [-0.2, -0.15) is 0 Å². The highest BCUT2D eigenvalue weighted by Gasteiger charge is 2.21. The number of halogens is 1. The SMILES string of the molecule is Cl.NC1CC[C@@H](O)[C@@H](O)CC1. The summed E-state index contributed by atoms with van der Waals surface area (Å²) in [6.45, 7) is 0. The molecule has 1 saturated carbocycles. The smallest absolute Gasteiger partial charge is 0.0799 e. The van der Waals surface area contributed by atoms with Crippen molar-refractivity contribution < 1.29 is 10.2 Å². The molecule has 3 atom stereocenters. The van der Waals surface area contributed by atoms with E-state index in [0.717, 1.165) is 12.8 Å². The number of aliphatic hydroxyl groups is 2.